The number of rotatable bonds is 2. The summed E-state index contributed by atoms with van der Waals surface area (Å²) in [4.78, 5) is 0. The van der Waals surface area contributed by atoms with E-state index in [1.54, 1.807) is 6.08 Å². The molecule has 0 heterocycles. The smallest absolute Gasteiger partial charge is 0.133 e. The summed E-state index contributed by atoms with van der Waals surface area (Å²) in [6.45, 7) is 9.29. The van der Waals surface area contributed by atoms with Crippen molar-refractivity contribution >= 4 is 0 Å². The summed E-state index contributed by atoms with van der Waals surface area (Å²) >= 11 is 0. The minimum absolute atomic E-state index is 0.296. The molecule has 11 heavy (non-hydrogen) atoms. The van der Waals surface area contributed by atoms with Crippen LogP contribution in [-0.2, 0) is 0 Å². The van der Waals surface area contributed by atoms with Gasteiger partial charge in [-0.05, 0) is 0 Å². The van der Waals surface area contributed by atoms with Gasteiger partial charge in [-0.2, -0.15) is 0 Å². The highest BCUT2D eigenvalue weighted by molar-refractivity contribution is 5.15. The molecule has 0 aromatic carbocycles. The lowest BCUT2D eigenvalue weighted by molar-refractivity contribution is -0.00144. The molecule has 0 aliphatic carbocycles. The number of hydrogen-bond donors (Lipinski definition) is 1. The van der Waals surface area contributed by atoms with Gasteiger partial charge in [0.2, 0.25) is 0 Å². The number of aliphatic hydroxyl groups is 1. The SMILES string of the molecule is C#C[C@@](O)(CC=C)C(C)(C)C. The first-order valence-electron chi connectivity index (χ1n) is 3.68. The van der Waals surface area contributed by atoms with E-state index in [9.17, 15) is 5.11 Å². The molecule has 0 unspecified atom stereocenters. The molecule has 0 saturated heterocycles. The van der Waals surface area contributed by atoms with E-state index in [0.29, 0.717) is 6.42 Å². The highest BCUT2D eigenvalue weighted by atomic mass is 16.3. The van der Waals surface area contributed by atoms with E-state index in [2.05, 4.69) is 12.5 Å². The van der Waals surface area contributed by atoms with Gasteiger partial charge in [0, 0.05) is 11.8 Å². The molecule has 0 rings (SSSR count). The van der Waals surface area contributed by atoms with Crippen LogP contribution in [0.2, 0.25) is 0 Å². The van der Waals surface area contributed by atoms with Gasteiger partial charge in [0.1, 0.15) is 5.60 Å². The van der Waals surface area contributed by atoms with Crippen LogP contribution in [-0.4, -0.2) is 10.7 Å². The lowest BCUT2D eigenvalue weighted by Gasteiger charge is -2.34. The molecule has 0 fully saturated rings. The molecule has 0 aromatic rings. The van der Waals surface area contributed by atoms with Crippen LogP contribution in [0.4, 0.5) is 0 Å². The van der Waals surface area contributed by atoms with Crippen molar-refractivity contribution in [1.29, 1.82) is 0 Å². The summed E-state index contributed by atoms with van der Waals surface area (Å²) in [5.41, 5.74) is -1.36. The molecule has 62 valence electrons. The van der Waals surface area contributed by atoms with Crippen LogP contribution in [0, 0.1) is 17.8 Å². The fourth-order valence-corrected chi connectivity index (χ4v) is 0.791. The molecule has 0 aromatic heterocycles. The largest absolute Gasteiger partial charge is 0.377 e. The molecule has 0 aliphatic heterocycles. The first-order valence-corrected chi connectivity index (χ1v) is 3.68. The van der Waals surface area contributed by atoms with E-state index in [4.69, 9.17) is 6.42 Å². The normalized spacial score (nSPS) is 16.6. The van der Waals surface area contributed by atoms with Crippen LogP contribution >= 0.6 is 0 Å². The Balaban J connectivity index is 4.63. The first-order chi connectivity index (χ1) is 4.87. The van der Waals surface area contributed by atoms with Crippen molar-refractivity contribution in [3.8, 4) is 12.3 Å². The van der Waals surface area contributed by atoms with Crippen molar-refractivity contribution < 1.29 is 5.11 Å². The van der Waals surface area contributed by atoms with E-state index in [-0.39, 0.29) is 5.41 Å². The van der Waals surface area contributed by atoms with Gasteiger partial charge in [-0.15, -0.1) is 13.0 Å². The van der Waals surface area contributed by atoms with Crippen LogP contribution in [0.5, 0.6) is 0 Å². The lowest BCUT2D eigenvalue weighted by Crippen LogP contribution is -2.40. The molecule has 0 amide bonds. The fraction of sp³-hybridized carbons (Fsp3) is 0.600. The predicted octanol–water partition coefficient (Wildman–Crippen LogP) is 1.97. The molecule has 1 nitrogen and oxygen atoms in total. The zero-order chi connectivity index (χ0) is 9.12. The van der Waals surface area contributed by atoms with E-state index in [0.717, 1.165) is 0 Å². The minimum Gasteiger partial charge on any atom is -0.377 e. The van der Waals surface area contributed by atoms with Crippen molar-refractivity contribution in [3.05, 3.63) is 12.7 Å². The lowest BCUT2D eigenvalue weighted by atomic mass is 9.75. The summed E-state index contributed by atoms with van der Waals surface area (Å²) in [5.74, 6) is 2.40. The van der Waals surface area contributed by atoms with Crippen molar-refractivity contribution in [2.24, 2.45) is 5.41 Å². The Morgan fingerprint density at radius 3 is 2.09 bits per heavy atom. The Morgan fingerprint density at radius 1 is 1.55 bits per heavy atom. The maximum atomic E-state index is 9.85. The third-order valence-corrected chi connectivity index (χ3v) is 1.92. The van der Waals surface area contributed by atoms with Crippen LogP contribution in [0.25, 0.3) is 0 Å². The predicted molar refractivity (Wildman–Crippen MR) is 48.1 cm³/mol. The van der Waals surface area contributed by atoms with Gasteiger partial charge in [0.25, 0.3) is 0 Å². The molecule has 0 bridgehead atoms. The standard InChI is InChI=1S/C10H16O/c1-6-8-10(11,7-2)9(3,4)5/h2,6,11H,1,8H2,3-5H3/t10-/m1/s1. The molecule has 0 radical (unpaired) electrons. The Hall–Kier alpha value is -0.740. The number of terminal acetylenes is 1. The van der Waals surface area contributed by atoms with Crippen LogP contribution in [0.1, 0.15) is 27.2 Å². The quantitative estimate of drug-likeness (QED) is 0.474. The Labute approximate surface area is 69.1 Å². The highest BCUT2D eigenvalue weighted by Crippen LogP contribution is 2.32. The third-order valence-electron chi connectivity index (χ3n) is 1.92. The second-order valence-electron chi connectivity index (χ2n) is 3.75. The van der Waals surface area contributed by atoms with E-state index >= 15 is 0 Å². The van der Waals surface area contributed by atoms with Crippen LogP contribution in [0.15, 0.2) is 12.7 Å². The molecule has 0 spiro atoms. The Morgan fingerprint density at radius 2 is 2.00 bits per heavy atom. The van der Waals surface area contributed by atoms with Crippen molar-refractivity contribution in [2.75, 3.05) is 0 Å². The first kappa shape index (κ1) is 10.3. The van der Waals surface area contributed by atoms with E-state index in [1.165, 1.54) is 0 Å². The summed E-state index contributed by atoms with van der Waals surface area (Å²) in [6, 6.07) is 0. The van der Waals surface area contributed by atoms with Crippen molar-refractivity contribution in [1.82, 2.24) is 0 Å². The highest BCUT2D eigenvalue weighted by Gasteiger charge is 2.36. The zero-order valence-corrected chi connectivity index (χ0v) is 7.52. The zero-order valence-electron chi connectivity index (χ0n) is 7.52. The Kier molecular flexibility index (Phi) is 2.90. The fourth-order valence-electron chi connectivity index (χ4n) is 0.791. The summed E-state index contributed by atoms with van der Waals surface area (Å²) < 4.78 is 0. The molecular formula is C10H16O. The maximum Gasteiger partial charge on any atom is 0.133 e. The molecular weight excluding hydrogens is 136 g/mol. The summed E-state index contributed by atoms with van der Waals surface area (Å²) in [6.07, 6.45) is 7.31. The van der Waals surface area contributed by atoms with Gasteiger partial charge >= 0.3 is 0 Å². The second-order valence-corrected chi connectivity index (χ2v) is 3.75. The minimum atomic E-state index is -1.06. The summed E-state index contributed by atoms with van der Waals surface area (Å²) in [7, 11) is 0. The third kappa shape index (κ3) is 2.10. The monoisotopic (exact) mass is 152 g/mol. The molecule has 1 N–H and O–H groups in total. The molecule has 1 heteroatoms. The maximum absolute atomic E-state index is 9.85. The summed E-state index contributed by atoms with van der Waals surface area (Å²) in [5, 5.41) is 9.85. The molecule has 0 saturated carbocycles. The average molecular weight is 152 g/mol. The van der Waals surface area contributed by atoms with E-state index in [1.807, 2.05) is 20.8 Å². The van der Waals surface area contributed by atoms with Crippen molar-refractivity contribution in [2.45, 2.75) is 32.8 Å². The topological polar surface area (TPSA) is 20.2 Å². The van der Waals surface area contributed by atoms with Gasteiger partial charge < -0.3 is 5.11 Å². The second kappa shape index (κ2) is 3.11. The van der Waals surface area contributed by atoms with E-state index < -0.39 is 5.60 Å². The van der Waals surface area contributed by atoms with Gasteiger partial charge in [0.05, 0.1) is 0 Å². The van der Waals surface area contributed by atoms with Gasteiger partial charge in [-0.3, -0.25) is 0 Å². The van der Waals surface area contributed by atoms with Gasteiger partial charge in [-0.1, -0.05) is 32.8 Å². The van der Waals surface area contributed by atoms with Crippen molar-refractivity contribution in [3.63, 3.8) is 0 Å². The van der Waals surface area contributed by atoms with Gasteiger partial charge in [-0.25, -0.2) is 0 Å². The van der Waals surface area contributed by atoms with Gasteiger partial charge in [0.15, 0.2) is 0 Å². The Bertz CT molecular complexity index is 180. The number of hydrogen-bond acceptors (Lipinski definition) is 1. The molecule has 1 atom stereocenters. The average Bonchev–Trinajstić information content (AvgIpc) is 1.86. The molecule has 0 aliphatic rings. The van der Waals surface area contributed by atoms with Crippen LogP contribution < -0.4 is 0 Å². The van der Waals surface area contributed by atoms with Crippen LogP contribution in [0.3, 0.4) is 0 Å².